The van der Waals surface area contributed by atoms with Crippen molar-refractivity contribution in [2.75, 3.05) is 13.2 Å². The third kappa shape index (κ3) is 5.34. The van der Waals surface area contributed by atoms with E-state index < -0.39 is 0 Å². The van der Waals surface area contributed by atoms with Gasteiger partial charge in [0.1, 0.15) is 0 Å². The normalized spacial score (nSPS) is 22.3. The summed E-state index contributed by atoms with van der Waals surface area (Å²) in [6, 6.07) is 10.7. The van der Waals surface area contributed by atoms with Crippen molar-refractivity contribution in [3.05, 3.63) is 35.9 Å². The van der Waals surface area contributed by atoms with E-state index in [1.54, 1.807) is 0 Å². The summed E-state index contributed by atoms with van der Waals surface area (Å²) in [5, 5.41) is 14.9. The molecule has 4 nitrogen and oxygen atoms in total. The van der Waals surface area contributed by atoms with Gasteiger partial charge in [-0.1, -0.05) is 43.7 Å². The molecule has 3 atom stereocenters. The first-order valence-corrected chi connectivity index (χ1v) is 8.38. The molecule has 3 N–H and O–H groups in total. The van der Waals surface area contributed by atoms with Gasteiger partial charge in [0.15, 0.2) is 0 Å². The summed E-state index contributed by atoms with van der Waals surface area (Å²) >= 11 is 0. The van der Waals surface area contributed by atoms with Crippen LogP contribution in [0.2, 0.25) is 0 Å². The van der Waals surface area contributed by atoms with Gasteiger partial charge in [0.05, 0.1) is 0 Å². The number of benzene rings is 1. The number of nitrogens with one attached hydrogen (secondary N) is 2. The highest BCUT2D eigenvalue weighted by Crippen LogP contribution is 2.28. The van der Waals surface area contributed by atoms with Crippen LogP contribution in [0.25, 0.3) is 0 Å². The SMILES string of the molecule is CC(CCO)CNC(=O)NC1CCCC1Cc1ccccc1. The molecule has 0 aliphatic heterocycles. The van der Waals surface area contributed by atoms with Gasteiger partial charge in [-0.05, 0) is 43.1 Å². The zero-order valence-corrected chi connectivity index (χ0v) is 13.4. The summed E-state index contributed by atoms with van der Waals surface area (Å²) in [5.41, 5.74) is 1.35. The highest BCUT2D eigenvalue weighted by Gasteiger charge is 2.28. The maximum atomic E-state index is 12.0. The van der Waals surface area contributed by atoms with Crippen LogP contribution in [-0.4, -0.2) is 30.3 Å². The second kappa shape index (κ2) is 8.79. The molecule has 1 aliphatic carbocycles. The molecule has 4 heteroatoms. The summed E-state index contributed by atoms with van der Waals surface area (Å²) < 4.78 is 0. The van der Waals surface area contributed by atoms with Gasteiger partial charge in [0, 0.05) is 19.2 Å². The smallest absolute Gasteiger partial charge is 0.315 e. The van der Waals surface area contributed by atoms with Crippen LogP contribution in [0.1, 0.15) is 38.2 Å². The number of aliphatic hydroxyl groups excluding tert-OH is 1. The van der Waals surface area contributed by atoms with Crippen LogP contribution < -0.4 is 10.6 Å². The summed E-state index contributed by atoms with van der Waals surface area (Å²) in [4.78, 5) is 12.0. The lowest BCUT2D eigenvalue weighted by Gasteiger charge is -2.22. The van der Waals surface area contributed by atoms with Crippen molar-refractivity contribution in [3.63, 3.8) is 0 Å². The summed E-state index contributed by atoms with van der Waals surface area (Å²) in [6.07, 6.45) is 5.19. The van der Waals surface area contributed by atoms with Crippen molar-refractivity contribution in [3.8, 4) is 0 Å². The highest BCUT2D eigenvalue weighted by molar-refractivity contribution is 5.74. The Bertz CT molecular complexity index is 450. The average Bonchev–Trinajstić information content (AvgIpc) is 2.93. The third-order valence-electron chi connectivity index (χ3n) is 4.55. The summed E-state index contributed by atoms with van der Waals surface area (Å²) in [7, 11) is 0. The predicted octanol–water partition coefficient (Wildman–Crippen LogP) is 2.72. The van der Waals surface area contributed by atoms with Crippen LogP contribution in [-0.2, 0) is 6.42 Å². The number of rotatable bonds is 7. The van der Waals surface area contributed by atoms with Crippen LogP contribution in [0.4, 0.5) is 4.79 Å². The van der Waals surface area contributed by atoms with Gasteiger partial charge in [0.25, 0.3) is 0 Å². The second-order valence-corrected chi connectivity index (χ2v) is 6.46. The average molecular weight is 304 g/mol. The third-order valence-corrected chi connectivity index (χ3v) is 4.55. The van der Waals surface area contributed by atoms with Crippen molar-refractivity contribution in [1.29, 1.82) is 0 Å². The molecular formula is C18H28N2O2. The Kier molecular flexibility index (Phi) is 6.72. The highest BCUT2D eigenvalue weighted by atomic mass is 16.3. The van der Waals surface area contributed by atoms with E-state index in [2.05, 4.69) is 34.9 Å². The monoisotopic (exact) mass is 304 g/mol. The van der Waals surface area contributed by atoms with Crippen molar-refractivity contribution >= 4 is 6.03 Å². The molecule has 0 saturated heterocycles. The fourth-order valence-corrected chi connectivity index (χ4v) is 3.20. The number of hydrogen-bond acceptors (Lipinski definition) is 2. The maximum absolute atomic E-state index is 12.0. The van der Waals surface area contributed by atoms with E-state index in [1.807, 2.05) is 13.0 Å². The fraction of sp³-hybridized carbons (Fsp3) is 0.611. The van der Waals surface area contributed by atoms with Crippen molar-refractivity contribution in [2.45, 2.75) is 45.1 Å². The second-order valence-electron chi connectivity index (χ2n) is 6.46. The van der Waals surface area contributed by atoms with Gasteiger partial charge in [0.2, 0.25) is 0 Å². The van der Waals surface area contributed by atoms with E-state index in [0.29, 0.717) is 18.4 Å². The summed E-state index contributed by atoms with van der Waals surface area (Å²) in [6.45, 7) is 2.82. The van der Waals surface area contributed by atoms with E-state index >= 15 is 0 Å². The Labute approximate surface area is 133 Å². The molecule has 2 amide bonds. The standard InChI is InChI=1S/C18H28N2O2/c1-14(10-11-21)13-19-18(22)20-17-9-5-8-16(17)12-15-6-3-2-4-7-15/h2-4,6-7,14,16-17,21H,5,8-13H2,1H3,(H2,19,20,22). The molecule has 1 aliphatic rings. The van der Waals surface area contributed by atoms with Crippen LogP contribution >= 0.6 is 0 Å². The topological polar surface area (TPSA) is 61.4 Å². The molecule has 1 aromatic carbocycles. The molecule has 122 valence electrons. The van der Waals surface area contributed by atoms with Gasteiger partial charge in [-0.2, -0.15) is 0 Å². The fourth-order valence-electron chi connectivity index (χ4n) is 3.20. The van der Waals surface area contributed by atoms with Crippen molar-refractivity contribution in [1.82, 2.24) is 10.6 Å². The first-order chi connectivity index (χ1) is 10.7. The Morgan fingerprint density at radius 3 is 2.82 bits per heavy atom. The summed E-state index contributed by atoms with van der Waals surface area (Å²) in [5.74, 6) is 0.836. The minimum absolute atomic E-state index is 0.0743. The zero-order valence-electron chi connectivity index (χ0n) is 13.4. The lowest BCUT2D eigenvalue weighted by atomic mass is 9.95. The van der Waals surface area contributed by atoms with Gasteiger partial charge in [-0.15, -0.1) is 0 Å². The molecule has 0 bridgehead atoms. The molecule has 0 radical (unpaired) electrons. The number of urea groups is 1. The molecule has 2 rings (SSSR count). The van der Waals surface area contributed by atoms with Gasteiger partial charge in [-0.25, -0.2) is 4.79 Å². The minimum Gasteiger partial charge on any atom is -0.396 e. The van der Waals surface area contributed by atoms with Crippen LogP contribution in [0.3, 0.4) is 0 Å². The molecule has 1 aromatic rings. The number of carbonyl (C=O) groups excluding carboxylic acids is 1. The van der Waals surface area contributed by atoms with Crippen molar-refractivity contribution in [2.24, 2.45) is 11.8 Å². The molecular weight excluding hydrogens is 276 g/mol. The van der Waals surface area contributed by atoms with Gasteiger partial charge in [-0.3, -0.25) is 0 Å². The van der Waals surface area contributed by atoms with Crippen LogP contribution in [0.15, 0.2) is 30.3 Å². The lowest BCUT2D eigenvalue weighted by Crippen LogP contribution is -2.45. The predicted molar refractivity (Wildman–Crippen MR) is 88.7 cm³/mol. The lowest BCUT2D eigenvalue weighted by molar-refractivity contribution is 0.227. The largest absolute Gasteiger partial charge is 0.396 e. The quantitative estimate of drug-likeness (QED) is 0.725. The Hall–Kier alpha value is -1.55. The number of aliphatic hydroxyl groups is 1. The van der Waals surface area contributed by atoms with Crippen LogP contribution in [0, 0.1) is 11.8 Å². The Morgan fingerprint density at radius 2 is 2.09 bits per heavy atom. The van der Waals surface area contributed by atoms with Gasteiger partial charge >= 0.3 is 6.03 Å². The first kappa shape index (κ1) is 16.8. The molecule has 1 saturated carbocycles. The van der Waals surface area contributed by atoms with E-state index in [4.69, 9.17) is 5.11 Å². The first-order valence-electron chi connectivity index (χ1n) is 8.38. The Balaban J connectivity index is 1.77. The van der Waals surface area contributed by atoms with E-state index in [1.165, 1.54) is 18.4 Å². The van der Waals surface area contributed by atoms with Gasteiger partial charge < -0.3 is 15.7 Å². The van der Waals surface area contributed by atoms with E-state index in [9.17, 15) is 4.79 Å². The number of carbonyl (C=O) groups is 1. The number of hydrogen-bond donors (Lipinski definition) is 3. The van der Waals surface area contributed by atoms with Crippen molar-refractivity contribution < 1.29 is 9.90 Å². The molecule has 3 unspecified atom stereocenters. The number of amides is 2. The molecule has 0 heterocycles. The van der Waals surface area contributed by atoms with E-state index in [-0.39, 0.29) is 18.7 Å². The Morgan fingerprint density at radius 1 is 1.32 bits per heavy atom. The van der Waals surface area contributed by atoms with Crippen LogP contribution in [0.5, 0.6) is 0 Å². The van der Waals surface area contributed by atoms with E-state index in [0.717, 1.165) is 19.3 Å². The minimum atomic E-state index is -0.0743. The molecule has 0 spiro atoms. The molecule has 22 heavy (non-hydrogen) atoms. The molecule has 1 fully saturated rings. The zero-order chi connectivity index (χ0) is 15.8. The molecule has 0 aromatic heterocycles. The maximum Gasteiger partial charge on any atom is 0.315 e.